The summed E-state index contributed by atoms with van der Waals surface area (Å²) in [5.74, 6) is 0. The summed E-state index contributed by atoms with van der Waals surface area (Å²) in [6, 6.07) is 7.59. The topological polar surface area (TPSA) is 46.5 Å². The number of halogens is 1. The van der Waals surface area contributed by atoms with Crippen LogP contribution in [-0.2, 0) is 0 Å². The van der Waals surface area contributed by atoms with Crippen molar-refractivity contribution in [3.8, 4) is 5.69 Å². The number of hydrogen-bond acceptors (Lipinski definition) is 3. The maximum Gasteiger partial charge on any atom is 0.182 e. The molecule has 4 nitrogen and oxygen atoms in total. The minimum Gasteiger partial charge on any atom is -0.330 e. The molecule has 1 N–H and O–H groups in total. The maximum absolute atomic E-state index is 6.01. The Hall–Kier alpha value is -1.46. The van der Waals surface area contributed by atoms with Crippen molar-refractivity contribution in [3.63, 3.8) is 0 Å². The number of imidazole rings is 1. The number of hydrogen-bond donors (Lipinski definition) is 1. The minimum absolute atomic E-state index is 0.689. The molecule has 3 rings (SSSR count). The van der Waals surface area contributed by atoms with Gasteiger partial charge in [0, 0.05) is 5.02 Å². The molecule has 0 spiro atoms. The Labute approximate surface area is 113 Å². The van der Waals surface area contributed by atoms with Crippen LogP contribution in [-0.4, -0.2) is 26.0 Å². The number of aromatic nitrogens is 4. The second-order valence-corrected chi connectivity index (χ2v) is 5.15. The van der Waals surface area contributed by atoms with Gasteiger partial charge in [0.1, 0.15) is 5.52 Å². The number of thioether (sulfide) groups is 1. The smallest absolute Gasteiger partial charge is 0.182 e. The minimum atomic E-state index is 0.689. The Morgan fingerprint density at radius 1 is 1.39 bits per heavy atom. The van der Waals surface area contributed by atoms with Crippen molar-refractivity contribution in [2.75, 3.05) is 6.26 Å². The highest BCUT2D eigenvalue weighted by Crippen LogP contribution is 2.24. The first-order valence-corrected chi connectivity index (χ1v) is 7.04. The van der Waals surface area contributed by atoms with Gasteiger partial charge in [-0.2, -0.15) is 5.10 Å². The van der Waals surface area contributed by atoms with Gasteiger partial charge in [-0.1, -0.05) is 29.4 Å². The molecule has 18 heavy (non-hydrogen) atoms. The number of aryl methyl sites for hydroxylation is 1. The summed E-state index contributed by atoms with van der Waals surface area (Å²) >= 11 is 7.59. The van der Waals surface area contributed by atoms with Gasteiger partial charge in [0.25, 0.3) is 0 Å². The molecule has 0 radical (unpaired) electrons. The van der Waals surface area contributed by atoms with E-state index >= 15 is 0 Å². The lowest BCUT2D eigenvalue weighted by Crippen LogP contribution is -1.97. The van der Waals surface area contributed by atoms with E-state index in [1.807, 2.05) is 42.1 Å². The normalized spacial score (nSPS) is 11.3. The number of nitrogens with zero attached hydrogens (tertiary/aromatic N) is 3. The number of rotatable bonds is 2. The SMILES string of the molecule is CSc1nc2c([nH]1)c(C)nn2-c1cccc(Cl)c1. The van der Waals surface area contributed by atoms with Crippen molar-refractivity contribution in [2.45, 2.75) is 12.1 Å². The van der Waals surface area contributed by atoms with E-state index in [0.29, 0.717) is 5.02 Å². The van der Waals surface area contributed by atoms with Gasteiger partial charge in [-0.15, -0.1) is 0 Å². The van der Waals surface area contributed by atoms with Gasteiger partial charge < -0.3 is 4.98 Å². The Morgan fingerprint density at radius 3 is 2.94 bits per heavy atom. The van der Waals surface area contributed by atoms with E-state index in [4.69, 9.17) is 11.6 Å². The lowest BCUT2D eigenvalue weighted by atomic mass is 10.3. The van der Waals surface area contributed by atoms with Crippen molar-refractivity contribution >= 4 is 34.5 Å². The molecule has 0 amide bonds. The second kappa shape index (κ2) is 4.33. The molecule has 0 aliphatic rings. The molecule has 6 heteroatoms. The average Bonchev–Trinajstić information content (AvgIpc) is 2.90. The lowest BCUT2D eigenvalue weighted by molar-refractivity contribution is 0.864. The molecule has 0 saturated heterocycles. The fourth-order valence-electron chi connectivity index (χ4n) is 1.88. The maximum atomic E-state index is 6.01. The average molecular weight is 279 g/mol. The van der Waals surface area contributed by atoms with E-state index in [2.05, 4.69) is 15.1 Å². The van der Waals surface area contributed by atoms with Crippen LogP contribution < -0.4 is 0 Å². The standard InChI is InChI=1S/C12H11ClN4S/c1-7-10-11(15-12(14-10)18-2)17(16-7)9-5-3-4-8(13)6-9/h3-6H,1-2H3,(H,14,15). The Kier molecular flexibility index (Phi) is 2.80. The predicted octanol–water partition coefficient (Wildman–Crippen LogP) is 3.43. The molecular weight excluding hydrogens is 268 g/mol. The zero-order valence-electron chi connectivity index (χ0n) is 9.94. The fraction of sp³-hybridized carbons (Fsp3) is 0.167. The molecule has 0 saturated carbocycles. The third kappa shape index (κ3) is 1.79. The van der Waals surface area contributed by atoms with E-state index in [0.717, 1.165) is 27.7 Å². The summed E-state index contributed by atoms with van der Waals surface area (Å²) in [5, 5.41) is 6.07. The molecular formula is C12H11ClN4S. The van der Waals surface area contributed by atoms with Gasteiger partial charge in [0.05, 0.1) is 11.4 Å². The van der Waals surface area contributed by atoms with Crippen LogP contribution in [0.25, 0.3) is 16.9 Å². The summed E-state index contributed by atoms with van der Waals surface area (Å²) in [4.78, 5) is 7.78. The monoisotopic (exact) mass is 278 g/mol. The third-order valence-corrected chi connectivity index (χ3v) is 3.54. The molecule has 0 bridgehead atoms. The van der Waals surface area contributed by atoms with E-state index in [1.165, 1.54) is 0 Å². The van der Waals surface area contributed by atoms with Gasteiger partial charge in [-0.25, -0.2) is 9.67 Å². The molecule has 1 aromatic carbocycles. The van der Waals surface area contributed by atoms with E-state index in [1.54, 1.807) is 11.8 Å². The van der Waals surface area contributed by atoms with E-state index in [-0.39, 0.29) is 0 Å². The van der Waals surface area contributed by atoms with Crippen LogP contribution >= 0.6 is 23.4 Å². The number of aromatic amines is 1. The molecule has 0 aliphatic heterocycles. The summed E-state index contributed by atoms with van der Waals surface area (Å²) in [6.45, 7) is 1.96. The van der Waals surface area contributed by atoms with Crippen LogP contribution in [0.3, 0.4) is 0 Å². The first kappa shape index (κ1) is 11.6. The molecule has 3 aromatic rings. The van der Waals surface area contributed by atoms with Crippen molar-refractivity contribution < 1.29 is 0 Å². The Bertz CT molecular complexity index is 716. The second-order valence-electron chi connectivity index (χ2n) is 3.92. The highest BCUT2D eigenvalue weighted by atomic mass is 35.5. The molecule has 2 heterocycles. The highest BCUT2D eigenvalue weighted by molar-refractivity contribution is 7.98. The fourth-order valence-corrected chi connectivity index (χ4v) is 2.45. The zero-order valence-corrected chi connectivity index (χ0v) is 11.5. The van der Waals surface area contributed by atoms with Crippen LogP contribution in [0.2, 0.25) is 5.02 Å². The molecule has 92 valence electrons. The van der Waals surface area contributed by atoms with Gasteiger partial charge >= 0.3 is 0 Å². The largest absolute Gasteiger partial charge is 0.330 e. The van der Waals surface area contributed by atoms with Crippen molar-refractivity contribution in [1.29, 1.82) is 0 Å². The summed E-state index contributed by atoms with van der Waals surface area (Å²) < 4.78 is 1.81. The first-order chi connectivity index (χ1) is 8.69. The van der Waals surface area contributed by atoms with Crippen LogP contribution in [0.5, 0.6) is 0 Å². The van der Waals surface area contributed by atoms with E-state index in [9.17, 15) is 0 Å². The molecule has 0 fully saturated rings. The highest BCUT2D eigenvalue weighted by Gasteiger charge is 2.13. The first-order valence-electron chi connectivity index (χ1n) is 5.44. The molecule has 0 aliphatic carbocycles. The van der Waals surface area contributed by atoms with Crippen LogP contribution in [0.15, 0.2) is 29.4 Å². The van der Waals surface area contributed by atoms with Gasteiger partial charge in [0.15, 0.2) is 10.8 Å². The van der Waals surface area contributed by atoms with Crippen molar-refractivity contribution in [1.82, 2.24) is 19.7 Å². The van der Waals surface area contributed by atoms with Crippen LogP contribution in [0, 0.1) is 6.92 Å². The van der Waals surface area contributed by atoms with Crippen LogP contribution in [0.1, 0.15) is 5.69 Å². The Balaban J connectivity index is 2.25. The molecule has 2 aromatic heterocycles. The van der Waals surface area contributed by atoms with E-state index < -0.39 is 0 Å². The van der Waals surface area contributed by atoms with Crippen molar-refractivity contribution in [2.24, 2.45) is 0 Å². The zero-order chi connectivity index (χ0) is 12.7. The number of H-pyrrole nitrogens is 1. The summed E-state index contributed by atoms with van der Waals surface area (Å²) in [7, 11) is 0. The number of benzene rings is 1. The summed E-state index contributed by atoms with van der Waals surface area (Å²) in [6.07, 6.45) is 1.99. The number of nitrogens with one attached hydrogen (secondary N) is 1. The van der Waals surface area contributed by atoms with Crippen molar-refractivity contribution in [3.05, 3.63) is 35.0 Å². The predicted molar refractivity (Wildman–Crippen MR) is 74.7 cm³/mol. The molecule has 0 unspecified atom stereocenters. The lowest BCUT2D eigenvalue weighted by Gasteiger charge is -2.01. The van der Waals surface area contributed by atoms with Gasteiger partial charge in [-0.05, 0) is 31.4 Å². The Morgan fingerprint density at radius 2 is 2.22 bits per heavy atom. The van der Waals surface area contributed by atoms with Gasteiger partial charge in [-0.3, -0.25) is 0 Å². The third-order valence-electron chi connectivity index (χ3n) is 2.72. The quantitative estimate of drug-likeness (QED) is 0.731. The molecule has 0 atom stereocenters. The van der Waals surface area contributed by atoms with Gasteiger partial charge in [0.2, 0.25) is 0 Å². The van der Waals surface area contributed by atoms with Crippen LogP contribution in [0.4, 0.5) is 0 Å². The number of fused-ring (bicyclic) bond motifs is 1. The summed E-state index contributed by atoms with van der Waals surface area (Å²) in [5.41, 5.74) is 3.65.